The molecule has 0 aromatic rings. The van der Waals surface area contributed by atoms with Crippen LogP contribution in [0.2, 0.25) is 0 Å². The number of rotatable bonds is 5. The Morgan fingerprint density at radius 3 is 2.62 bits per heavy atom. The summed E-state index contributed by atoms with van der Waals surface area (Å²) in [7, 11) is 0. The minimum absolute atomic E-state index is 0.0356. The highest BCUT2D eigenvalue weighted by atomic mass is 16.2. The first-order chi connectivity index (χ1) is 11.4. The molecule has 2 fully saturated rings. The maximum atomic E-state index is 12.5. The number of likely N-dealkylation sites (tertiary alicyclic amines) is 1. The normalized spacial score (nSPS) is 23.8. The fraction of sp³-hybridized carbons (Fsp3) is 0.889. The van der Waals surface area contributed by atoms with Crippen molar-refractivity contribution in [1.29, 1.82) is 0 Å². The van der Waals surface area contributed by atoms with Gasteiger partial charge in [-0.1, -0.05) is 20.8 Å². The number of hydrogen-bond acceptors (Lipinski definition) is 3. The van der Waals surface area contributed by atoms with E-state index in [1.165, 1.54) is 0 Å². The Hall–Kier alpha value is -1.30. The van der Waals surface area contributed by atoms with Crippen molar-refractivity contribution in [3.63, 3.8) is 0 Å². The van der Waals surface area contributed by atoms with Crippen molar-refractivity contribution in [2.75, 3.05) is 39.3 Å². The summed E-state index contributed by atoms with van der Waals surface area (Å²) in [6.45, 7) is 11.2. The van der Waals surface area contributed by atoms with Crippen LogP contribution in [0.3, 0.4) is 0 Å². The first-order valence-corrected chi connectivity index (χ1v) is 9.41. The summed E-state index contributed by atoms with van der Waals surface area (Å²) in [6.07, 6.45) is 3.97. The second-order valence-electron chi connectivity index (χ2n) is 8.14. The van der Waals surface area contributed by atoms with Crippen molar-refractivity contribution in [1.82, 2.24) is 20.9 Å². The van der Waals surface area contributed by atoms with E-state index in [0.29, 0.717) is 19.0 Å². The molecule has 1 unspecified atom stereocenters. The van der Waals surface area contributed by atoms with E-state index in [9.17, 15) is 9.59 Å². The number of carbonyl (C=O) groups excluding carboxylic acids is 2. The summed E-state index contributed by atoms with van der Waals surface area (Å²) in [4.78, 5) is 26.5. The highest BCUT2D eigenvalue weighted by molar-refractivity contribution is 5.80. The van der Waals surface area contributed by atoms with E-state index in [1.807, 2.05) is 0 Å². The molecule has 0 aromatic carbocycles. The minimum Gasteiger partial charge on any atom is -0.355 e. The Balaban J connectivity index is 1.78. The summed E-state index contributed by atoms with van der Waals surface area (Å²) < 4.78 is 0. The summed E-state index contributed by atoms with van der Waals surface area (Å²) in [5.41, 5.74) is 0.198. The van der Waals surface area contributed by atoms with Crippen molar-refractivity contribution in [2.45, 2.75) is 46.5 Å². The highest BCUT2D eigenvalue weighted by Gasteiger charge is 2.31. The molecule has 0 spiro atoms. The van der Waals surface area contributed by atoms with E-state index in [0.717, 1.165) is 51.9 Å². The lowest BCUT2D eigenvalue weighted by atomic mass is 9.81. The third-order valence-electron chi connectivity index (χ3n) is 5.24. The second kappa shape index (κ2) is 8.70. The molecule has 138 valence electrons. The molecule has 3 amide bonds. The van der Waals surface area contributed by atoms with E-state index >= 15 is 0 Å². The zero-order valence-electron chi connectivity index (χ0n) is 15.5. The molecule has 6 nitrogen and oxygen atoms in total. The van der Waals surface area contributed by atoms with Crippen LogP contribution in [0.4, 0.5) is 4.79 Å². The van der Waals surface area contributed by atoms with E-state index < -0.39 is 0 Å². The van der Waals surface area contributed by atoms with E-state index in [2.05, 4.69) is 36.7 Å². The van der Waals surface area contributed by atoms with Gasteiger partial charge in [0.2, 0.25) is 5.91 Å². The van der Waals surface area contributed by atoms with Crippen molar-refractivity contribution in [3.05, 3.63) is 0 Å². The summed E-state index contributed by atoms with van der Waals surface area (Å²) in [6, 6.07) is -0.0356. The molecule has 2 rings (SSSR count). The lowest BCUT2D eigenvalue weighted by Crippen LogP contribution is -2.50. The van der Waals surface area contributed by atoms with E-state index in [-0.39, 0.29) is 23.3 Å². The first kappa shape index (κ1) is 19.0. The fourth-order valence-electron chi connectivity index (χ4n) is 3.43. The molecule has 0 bridgehead atoms. The topological polar surface area (TPSA) is 73.5 Å². The molecular weight excluding hydrogens is 304 g/mol. The molecule has 2 aliphatic heterocycles. The van der Waals surface area contributed by atoms with Gasteiger partial charge < -0.3 is 20.9 Å². The Bertz CT molecular complexity index is 433. The van der Waals surface area contributed by atoms with Gasteiger partial charge in [-0.25, -0.2) is 4.79 Å². The average Bonchev–Trinajstić information content (AvgIpc) is 2.58. The monoisotopic (exact) mass is 338 g/mol. The molecule has 6 heteroatoms. The molecule has 2 heterocycles. The van der Waals surface area contributed by atoms with Crippen LogP contribution in [-0.2, 0) is 4.79 Å². The molecule has 0 saturated carbocycles. The number of piperidine rings is 2. The third-order valence-corrected chi connectivity index (χ3v) is 5.24. The number of amides is 3. The van der Waals surface area contributed by atoms with Gasteiger partial charge in [-0.05, 0) is 50.1 Å². The van der Waals surface area contributed by atoms with E-state index in [1.54, 1.807) is 4.90 Å². The van der Waals surface area contributed by atoms with Crippen LogP contribution in [-0.4, -0.2) is 56.1 Å². The van der Waals surface area contributed by atoms with Gasteiger partial charge in [0.1, 0.15) is 0 Å². The third kappa shape index (κ3) is 5.65. The van der Waals surface area contributed by atoms with Gasteiger partial charge >= 0.3 is 6.03 Å². The maximum Gasteiger partial charge on any atom is 0.317 e. The molecular formula is C18H34N4O2. The highest BCUT2D eigenvalue weighted by Crippen LogP contribution is 2.27. The van der Waals surface area contributed by atoms with Gasteiger partial charge in [-0.15, -0.1) is 0 Å². The maximum absolute atomic E-state index is 12.5. The van der Waals surface area contributed by atoms with Gasteiger partial charge in [0.05, 0.1) is 5.92 Å². The Labute approximate surface area is 146 Å². The zero-order valence-corrected chi connectivity index (χ0v) is 15.5. The lowest BCUT2D eigenvalue weighted by Gasteiger charge is -2.36. The van der Waals surface area contributed by atoms with Crippen LogP contribution in [0.25, 0.3) is 0 Å². The first-order valence-electron chi connectivity index (χ1n) is 9.41. The number of nitrogens with one attached hydrogen (secondary N) is 3. The molecule has 0 aliphatic carbocycles. The van der Waals surface area contributed by atoms with Gasteiger partial charge in [0.15, 0.2) is 0 Å². The molecule has 0 aromatic heterocycles. The molecule has 2 saturated heterocycles. The Kier molecular flexibility index (Phi) is 6.90. The van der Waals surface area contributed by atoms with Crippen LogP contribution >= 0.6 is 0 Å². The molecule has 1 atom stereocenters. The van der Waals surface area contributed by atoms with Gasteiger partial charge in [-0.3, -0.25) is 4.79 Å². The van der Waals surface area contributed by atoms with Crippen LogP contribution in [0.5, 0.6) is 0 Å². The number of nitrogens with zero attached hydrogens (tertiary/aromatic N) is 1. The van der Waals surface area contributed by atoms with Gasteiger partial charge in [0.25, 0.3) is 0 Å². The standard InChI is InChI=1S/C18H34N4O2/c1-14(2)11-20-17(24)22-10-4-5-15(12-22)16(23)21-13-18(3)6-8-19-9-7-18/h14-15,19H,4-13H2,1-3H3,(H,20,24)(H,21,23). The van der Waals surface area contributed by atoms with Crippen molar-refractivity contribution in [2.24, 2.45) is 17.3 Å². The predicted octanol–water partition coefficient (Wildman–Crippen LogP) is 1.57. The molecule has 0 radical (unpaired) electrons. The smallest absolute Gasteiger partial charge is 0.317 e. The Morgan fingerprint density at radius 1 is 1.25 bits per heavy atom. The predicted molar refractivity (Wildman–Crippen MR) is 95.8 cm³/mol. The van der Waals surface area contributed by atoms with Gasteiger partial charge in [-0.2, -0.15) is 0 Å². The quantitative estimate of drug-likeness (QED) is 0.712. The van der Waals surface area contributed by atoms with Crippen LogP contribution < -0.4 is 16.0 Å². The molecule has 2 aliphatic rings. The summed E-state index contributed by atoms with van der Waals surface area (Å²) >= 11 is 0. The van der Waals surface area contributed by atoms with Crippen LogP contribution in [0.1, 0.15) is 46.5 Å². The Morgan fingerprint density at radius 2 is 1.96 bits per heavy atom. The average molecular weight is 338 g/mol. The SMILES string of the molecule is CC(C)CNC(=O)N1CCCC(C(=O)NCC2(C)CCNCC2)C1. The van der Waals surface area contributed by atoms with Crippen molar-refractivity contribution in [3.8, 4) is 0 Å². The fourth-order valence-corrected chi connectivity index (χ4v) is 3.43. The second-order valence-corrected chi connectivity index (χ2v) is 8.14. The molecule has 3 N–H and O–H groups in total. The number of hydrogen-bond donors (Lipinski definition) is 3. The minimum atomic E-state index is -0.0751. The zero-order chi connectivity index (χ0) is 17.6. The van der Waals surface area contributed by atoms with Crippen molar-refractivity contribution >= 4 is 11.9 Å². The molecule has 24 heavy (non-hydrogen) atoms. The van der Waals surface area contributed by atoms with Crippen molar-refractivity contribution < 1.29 is 9.59 Å². The van der Waals surface area contributed by atoms with E-state index in [4.69, 9.17) is 0 Å². The summed E-state index contributed by atoms with van der Waals surface area (Å²) in [5, 5.41) is 9.46. The lowest BCUT2D eigenvalue weighted by molar-refractivity contribution is -0.126. The largest absolute Gasteiger partial charge is 0.355 e. The van der Waals surface area contributed by atoms with Gasteiger partial charge in [0, 0.05) is 26.2 Å². The number of carbonyl (C=O) groups is 2. The number of urea groups is 1. The summed E-state index contributed by atoms with van der Waals surface area (Å²) in [5.74, 6) is 0.466. The van der Waals surface area contributed by atoms with Crippen LogP contribution in [0.15, 0.2) is 0 Å². The van der Waals surface area contributed by atoms with Crippen LogP contribution in [0, 0.1) is 17.3 Å².